The number of thioether (sulfide) groups is 2. The summed E-state index contributed by atoms with van der Waals surface area (Å²) in [6.45, 7) is 0. The van der Waals surface area contributed by atoms with Gasteiger partial charge in [-0.3, -0.25) is 4.57 Å². The summed E-state index contributed by atoms with van der Waals surface area (Å²) in [6.07, 6.45) is 0. The van der Waals surface area contributed by atoms with E-state index in [1.54, 1.807) is 23.5 Å². The second-order valence-corrected chi connectivity index (χ2v) is 7.35. The Bertz CT molecular complexity index is 802. The van der Waals surface area contributed by atoms with Gasteiger partial charge in [0, 0.05) is 22.0 Å². The molecule has 1 aliphatic rings. The van der Waals surface area contributed by atoms with Gasteiger partial charge in [0.2, 0.25) is 0 Å². The lowest BCUT2D eigenvalue weighted by atomic mass is 10.2. The zero-order chi connectivity index (χ0) is 15.6. The predicted molar refractivity (Wildman–Crippen MR) is 92.3 cm³/mol. The Kier molecular flexibility index (Phi) is 4.10. The summed E-state index contributed by atoms with van der Waals surface area (Å²) in [4.78, 5) is 1.08. The Hall–Kier alpha value is -1.79. The third-order valence-corrected chi connectivity index (χ3v) is 5.97. The first-order valence-electron chi connectivity index (χ1n) is 7.33. The molecule has 0 radical (unpaired) electrons. The van der Waals surface area contributed by atoms with Gasteiger partial charge < -0.3 is 0 Å². The summed E-state index contributed by atoms with van der Waals surface area (Å²) in [6, 6.07) is 17.2. The zero-order valence-corrected chi connectivity index (χ0v) is 13.9. The van der Waals surface area contributed by atoms with E-state index in [0.29, 0.717) is 6.04 Å². The Labute approximate surface area is 142 Å². The fraction of sp³-hybridized carbons (Fsp3) is 0.176. The monoisotopic (exact) mass is 343 g/mol. The lowest BCUT2D eigenvalue weighted by Gasteiger charge is -2.14. The van der Waals surface area contributed by atoms with Gasteiger partial charge in [-0.2, -0.15) is 0 Å². The van der Waals surface area contributed by atoms with Crippen LogP contribution in [0, 0.1) is 5.82 Å². The van der Waals surface area contributed by atoms with Crippen LogP contribution in [0.25, 0.3) is 11.4 Å². The van der Waals surface area contributed by atoms with Crippen LogP contribution in [0.4, 0.5) is 4.39 Å². The molecule has 0 bridgehead atoms. The second-order valence-electron chi connectivity index (χ2n) is 5.27. The number of fused-ring (bicyclic) bond motifs is 1. The number of benzene rings is 2. The van der Waals surface area contributed by atoms with Crippen molar-refractivity contribution in [2.75, 3.05) is 11.5 Å². The average Bonchev–Trinajstić information content (AvgIpc) is 3.17. The van der Waals surface area contributed by atoms with Gasteiger partial charge >= 0.3 is 0 Å². The maximum absolute atomic E-state index is 13.0. The van der Waals surface area contributed by atoms with Crippen molar-refractivity contribution in [2.45, 2.75) is 16.1 Å². The van der Waals surface area contributed by atoms with E-state index in [0.717, 1.165) is 32.9 Å². The van der Waals surface area contributed by atoms with E-state index in [2.05, 4.69) is 26.9 Å². The van der Waals surface area contributed by atoms with Crippen molar-refractivity contribution < 1.29 is 4.39 Å². The molecule has 0 amide bonds. The van der Waals surface area contributed by atoms with E-state index in [1.807, 2.05) is 30.3 Å². The Balaban J connectivity index is 1.55. The minimum absolute atomic E-state index is 0.196. The fourth-order valence-corrected chi connectivity index (χ4v) is 4.79. The minimum atomic E-state index is -0.196. The van der Waals surface area contributed by atoms with E-state index in [9.17, 15) is 4.39 Å². The zero-order valence-electron chi connectivity index (χ0n) is 12.2. The number of halogens is 1. The molecule has 0 unspecified atom stereocenters. The third kappa shape index (κ3) is 3.01. The van der Waals surface area contributed by atoms with Crippen molar-refractivity contribution in [3.8, 4) is 11.4 Å². The molecule has 3 aromatic rings. The molecule has 0 N–H and O–H groups in total. The van der Waals surface area contributed by atoms with Gasteiger partial charge in [0.1, 0.15) is 5.82 Å². The van der Waals surface area contributed by atoms with Crippen molar-refractivity contribution in [3.63, 3.8) is 0 Å². The lowest BCUT2D eigenvalue weighted by molar-refractivity contribution is 0.597. The summed E-state index contributed by atoms with van der Waals surface area (Å²) in [5, 5.41) is 9.65. The SMILES string of the molecule is Fc1ccc(SC[C@H]2CSc3nnc(-c4ccccc4)n32)cc1. The molecule has 1 aromatic heterocycles. The maximum atomic E-state index is 13.0. The molecule has 1 aliphatic heterocycles. The van der Waals surface area contributed by atoms with Crippen molar-refractivity contribution in [1.82, 2.24) is 14.8 Å². The molecular formula is C17H14FN3S2. The van der Waals surface area contributed by atoms with Crippen molar-refractivity contribution in [3.05, 3.63) is 60.4 Å². The molecular weight excluding hydrogens is 329 g/mol. The minimum Gasteiger partial charge on any atom is -0.297 e. The van der Waals surface area contributed by atoms with Crippen molar-refractivity contribution >= 4 is 23.5 Å². The van der Waals surface area contributed by atoms with Crippen LogP contribution in [0.3, 0.4) is 0 Å². The topological polar surface area (TPSA) is 30.7 Å². The first kappa shape index (κ1) is 14.8. The smallest absolute Gasteiger partial charge is 0.191 e. The Morgan fingerprint density at radius 3 is 2.65 bits per heavy atom. The van der Waals surface area contributed by atoms with Gasteiger partial charge in [0.25, 0.3) is 0 Å². The second kappa shape index (κ2) is 6.37. The molecule has 6 heteroatoms. The van der Waals surface area contributed by atoms with Gasteiger partial charge in [-0.15, -0.1) is 22.0 Å². The molecule has 3 nitrogen and oxygen atoms in total. The van der Waals surface area contributed by atoms with Crippen LogP contribution in [0.5, 0.6) is 0 Å². The van der Waals surface area contributed by atoms with E-state index in [1.165, 1.54) is 12.1 Å². The number of nitrogens with zero attached hydrogens (tertiary/aromatic N) is 3. The summed E-state index contributed by atoms with van der Waals surface area (Å²) in [7, 11) is 0. The normalized spacial score (nSPS) is 16.5. The fourth-order valence-electron chi connectivity index (χ4n) is 2.58. The largest absolute Gasteiger partial charge is 0.297 e. The van der Waals surface area contributed by atoms with Gasteiger partial charge in [0.05, 0.1) is 6.04 Å². The van der Waals surface area contributed by atoms with E-state index in [-0.39, 0.29) is 5.82 Å². The molecule has 2 heterocycles. The van der Waals surface area contributed by atoms with Crippen LogP contribution < -0.4 is 0 Å². The molecule has 23 heavy (non-hydrogen) atoms. The highest BCUT2D eigenvalue weighted by atomic mass is 32.2. The number of hydrogen-bond donors (Lipinski definition) is 0. The first-order valence-corrected chi connectivity index (χ1v) is 9.30. The molecule has 2 aromatic carbocycles. The first-order chi connectivity index (χ1) is 11.3. The number of rotatable bonds is 4. The van der Waals surface area contributed by atoms with Crippen molar-refractivity contribution in [2.24, 2.45) is 0 Å². The van der Waals surface area contributed by atoms with Gasteiger partial charge in [-0.1, -0.05) is 42.1 Å². The molecule has 0 spiro atoms. The molecule has 0 fully saturated rings. The predicted octanol–water partition coefficient (Wildman–Crippen LogP) is 4.52. The van der Waals surface area contributed by atoms with Crippen LogP contribution in [0.15, 0.2) is 64.6 Å². The quantitative estimate of drug-likeness (QED) is 0.652. The van der Waals surface area contributed by atoms with Crippen LogP contribution in [0.1, 0.15) is 6.04 Å². The van der Waals surface area contributed by atoms with Gasteiger partial charge in [-0.25, -0.2) is 4.39 Å². The molecule has 1 atom stereocenters. The highest BCUT2D eigenvalue weighted by Crippen LogP contribution is 2.38. The Morgan fingerprint density at radius 1 is 1.09 bits per heavy atom. The number of aromatic nitrogens is 3. The summed E-state index contributed by atoms with van der Waals surface area (Å²) in [5.74, 6) is 2.65. The van der Waals surface area contributed by atoms with E-state index in [4.69, 9.17) is 0 Å². The number of hydrogen-bond acceptors (Lipinski definition) is 4. The standard InChI is InChI=1S/C17H14FN3S2/c18-13-6-8-15(9-7-13)22-10-14-11-23-17-20-19-16(21(14)17)12-4-2-1-3-5-12/h1-9,14H,10-11H2/t14-/m0/s1. The van der Waals surface area contributed by atoms with E-state index >= 15 is 0 Å². The van der Waals surface area contributed by atoms with Crippen LogP contribution >= 0.6 is 23.5 Å². The molecule has 4 rings (SSSR count). The summed E-state index contributed by atoms with van der Waals surface area (Å²) in [5.41, 5.74) is 1.09. The molecule has 0 aliphatic carbocycles. The summed E-state index contributed by atoms with van der Waals surface area (Å²) >= 11 is 3.49. The highest BCUT2D eigenvalue weighted by Gasteiger charge is 2.28. The highest BCUT2D eigenvalue weighted by molar-refractivity contribution is 8.00. The van der Waals surface area contributed by atoms with Crippen molar-refractivity contribution in [1.29, 1.82) is 0 Å². The van der Waals surface area contributed by atoms with Crippen LogP contribution in [0.2, 0.25) is 0 Å². The molecule has 0 saturated heterocycles. The van der Waals surface area contributed by atoms with Gasteiger partial charge in [-0.05, 0) is 24.3 Å². The van der Waals surface area contributed by atoms with Crippen LogP contribution in [-0.4, -0.2) is 26.3 Å². The maximum Gasteiger partial charge on any atom is 0.191 e. The van der Waals surface area contributed by atoms with Gasteiger partial charge in [0.15, 0.2) is 11.0 Å². The molecule has 0 saturated carbocycles. The third-order valence-electron chi connectivity index (χ3n) is 3.72. The lowest BCUT2D eigenvalue weighted by Crippen LogP contribution is -2.11. The Morgan fingerprint density at radius 2 is 1.87 bits per heavy atom. The molecule has 116 valence electrons. The van der Waals surface area contributed by atoms with E-state index < -0.39 is 0 Å². The summed E-state index contributed by atoms with van der Waals surface area (Å²) < 4.78 is 15.2. The van der Waals surface area contributed by atoms with Crippen LogP contribution in [-0.2, 0) is 0 Å². The average molecular weight is 343 g/mol.